The van der Waals surface area contributed by atoms with E-state index in [4.69, 9.17) is 21.1 Å². The van der Waals surface area contributed by atoms with Crippen LogP contribution in [0, 0.1) is 18.3 Å². The topological polar surface area (TPSA) is 92.2 Å². The van der Waals surface area contributed by atoms with Crippen molar-refractivity contribution in [2.24, 2.45) is 0 Å². The molecule has 0 aliphatic heterocycles. The van der Waals surface area contributed by atoms with Crippen molar-refractivity contribution in [1.82, 2.24) is 4.98 Å². The third kappa shape index (κ3) is 4.31. The molecule has 0 saturated heterocycles. The third-order valence-electron chi connectivity index (χ3n) is 4.13. The number of hydrogen-bond donors (Lipinski definition) is 1. The second-order valence-electron chi connectivity index (χ2n) is 6.15. The van der Waals surface area contributed by atoms with Crippen LogP contribution in [0.25, 0.3) is 11.1 Å². The van der Waals surface area contributed by atoms with Crippen LogP contribution in [0.15, 0.2) is 53.3 Å². The normalized spacial score (nSPS) is 10.3. The van der Waals surface area contributed by atoms with E-state index in [9.17, 15) is 14.9 Å². The molecule has 0 fully saturated rings. The highest BCUT2D eigenvalue weighted by molar-refractivity contribution is 6.33. The average Bonchev–Trinajstić information content (AvgIpc) is 2.69. The first-order chi connectivity index (χ1) is 13.9. The van der Waals surface area contributed by atoms with Crippen molar-refractivity contribution in [2.75, 3.05) is 6.61 Å². The second kappa shape index (κ2) is 8.63. The molecule has 7 heteroatoms. The first kappa shape index (κ1) is 20.2. The molecule has 29 heavy (non-hydrogen) atoms. The van der Waals surface area contributed by atoms with Gasteiger partial charge in [-0.15, -0.1) is 0 Å². The highest BCUT2D eigenvalue weighted by atomic mass is 35.5. The van der Waals surface area contributed by atoms with Crippen LogP contribution in [0.2, 0.25) is 5.02 Å². The Morgan fingerprint density at radius 2 is 1.93 bits per heavy atom. The van der Waals surface area contributed by atoms with Crippen molar-refractivity contribution in [2.45, 2.75) is 13.8 Å². The summed E-state index contributed by atoms with van der Waals surface area (Å²) in [5.74, 6) is -0.0955. The summed E-state index contributed by atoms with van der Waals surface area (Å²) >= 11 is 6.06. The second-order valence-corrected chi connectivity index (χ2v) is 6.55. The van der Waals surface area contributed by atoms with E-state index >= 15 is 0 Å². The summed E-state index contributed by atoms with van der Waals surface area (Å²) in [6, 6.07) is 15.1. The van der Waals surface area contributed by atoms with Crippen LogP contribution in [-0.4, -0.2) is 17.6 Å². The number of halogens is 1. The van der Waals surface area contributed by atoms with Crippen molar-refractivity contribution in [3.05, 3.63) is 80.7 Å². The Bertz CT molecular complexity index is 1180. The van der Waals surface area contributed by atoms with E-state index in [1.165, 1.54) is 0 Å². The first-order valence-corrected chi connectivity index (χ1v) is 9.20. The van der Waals surface area contributed by atoms with E-state index in [0.717, 1.165) is 0 Å². The summed E-state index contributed by atoms with van der Waals surface area (Å²) in [4.78, 5) is 27.2. The number of ether oxygens (including phenoxy) is 2. The number of aromatic nitrogens is 1. The standard InChI is InChI=1S/C22H17ClN2O4/c1-3-28-20-11-14(16-10-13(2)25-21(26)17(16)12-24)8-9-19(20)29-22(27)15-6-4-5-7-18(15)23/h4-11H,3H2,1-2H3,(H,25,26). The van der Waals surface area contributed by atoms with E-state index in [0.29, 0.717) is 29.2 Å². The minimum atomic E-state index is -0.617. The van der Waals surface area contributed by atoms with Crippen molar-refractivity contribution in [3.63, 3.8) is 0 Å². The van der Waals surface area contributed by atoms with Crippen LogP contribution in [-0.2, 0) is 0 Å². The zero-order valence-electron chi connectivity index (χ0n) is 15.8. The van der Waals surface area contributed by atoms with Crippen molar-refractivity contribution in [3.8, 4) is 28.7 Å². The van der Waals surface area contributed by atoms with Gasteiger partial charge in [-0.3, -0.25) is 4.79 Å². The Morgan fingerprint density at radius 1 is 1.17 bits per heavy atom. The molecule has 0 amide bonds. The average molecular weight is 409 g/mol. The molecule has 0 radical (unpaired) electrons. The fourth-order valence-electron chi connectivity index (χ4n) is 2.84. The molecule has 146 valence electrons. The summed E-state index contributed by atoms with van der Waals surface area (Å²) in [6.45, 7) is 3.86. The number of carbonyl (C=O) groups excluding carboxylic acids is 1. The zero-order valence-corrected chi connectivity index (χ0v) is 16.5. The van der Waals surface area contributed by atoms with Gasteiger partial charge in [-0.1, -0.05) is 29.8 Å². The molecular weight excluding hydrogens is 392 g/mol. The van der Waals surface area contributed by atoms with Gasteiger partial charge >= 0.3 is 5.97 Å². The third-order valence-corrected chi connectivity index (χ3v) is 4.46. The quantitative estimate of drug-likeness (QED) is 0.496. The van der Waals surface area contributed by atoms with Crippen LogP contribution in [0.1, 0.15) is 28.5 Å². The molecule has 0 aliphatic rings. The van der Waals surface area contributed by atoms with Crippen LogP contribution in [0.3, 0.4) is 0 Å². The van der Waals surface area contributed by atoms with Crippen molar-refractivity contribution < 1.29 is 14.3 Å². The number of carbonyl (C=O) groups is 1. The molecule has 1 heterocycles. The highest BCUT2D eigenvalue weighted by Crippen LogP contribution is 2.34. The number of nitrogens with one attached hydrogen (secondary N) is 1. The monoisotopic (exact) mass is 408 g/mol. The molecule has 0 spiro atoms. The number of aryl methyl sites for hydroxylation is 1. The van der Waals surface area contributed by atoms with E-state index in [1.807, 2.05) is 6.07 Å². The summed E-state index contributed by atoms with van der Waals surface area (Å²) in [6.07, 6.45) is 0. The molecule has 0 atom stereocenters. The maximum absolute atomic E-state index is 12.5. The zero-order chi connectivity index (χ0) is 21.0. The number of hydrogen-bond acceptors (Lipinski definition) is 5. The summed E-state index contributed by atoms with van der Waals surface area (Å²) < 4.78 is 11.1. The Labute approximate surface area is 172 Å². The number of aromatic amines is 1. The van der Waals surface area contributed by atoms with Crippen molar-refractivity contribution >= 4 is 17.6 Å². The van der Waals surface area contributed by atoms with Gasteiger partial charge in [0.05, 0.1) is 17.2 Å². The van der Waals surface area contributed by atoms with Gasteiger partial charge in [0.25, 0.3) is 5.56 Å². The minimum absolute atomic E-state index is 0.00106. The lowest BCUT2D eigenvalue weighted by Crippen LogP contribution is -2.13. The van der Waals surface area contributed by atoms with Gasteiger partial charge in [0.1, 0.15) is 11.6 Å². The van der Waals surface area contributed by atoms with E-state index in [2.05, 4.69) is 4.98 Å². The number of rotatable bonds is 5. The molecule has 3 rings (SSSR count). The first-order valence-electron chi connectivity index (χ1n) is 8.82. The SMILES string of the molecule is CCOc1cc(-c2cc(C)[nH]c(=O)c2C#N)ccc1OC(=O)c1ccccc1Cl. The summed E-state index contributed by atoms with van der Waals surface area (Å²) in [5, 5.41) is 9.65. The van der Waals surface area contributed by atoms with Gasteiger partial charge in [-0.25, -0.2) is 4.79 Å². The van der Waals surface area contributed by atoms with E-state index in [1.54, 1.807) is 62.4 Å². The molecule has 0 aliphatic carbocycles. The van der Waals surface area contributed by atoms with Crippen LogP contribution in [0.4, 0.5) is 0 Å². The Hall–Kier alpha value is -3.56. The fourth-order valence-corrected chi connectivity index (χ4v) is 3.05. The molecule has 0 bridgehead atoms. The number of pyridine rings is 1. The van der Waals surface area contributed by atoms with Crippen molar-refractivity contribution in [1.29, 1.82) is 5.26 Å². The van der Waals surface area contributed by atoms with Gasteiger partial charge in [0, 0.05) is 11.3 Å². The van der Waals surface area contributed by atoms with Crippen LogP contribution in [0.5, 0.6) is 11.5 Å². The van der Waals surface area contributed by atoms with Gasteiger partial charge in [-0.05, 0) is 49.7 Å². The Kier molecular flexibility index (Phi) is 6.01. The lowest BCUT2D eigenvalue weighted by Gasteiger charge is -2.13. The summed E-state index contributed by atoms with van der Waals surface area (Å²) in [5.41, 5.74) is 1.46. The lowest BCUT2D eigenvalue weighted by molar-refractivity contribution is 0.0728. The van der Waals surface area contributed by atoms with E-state index in [-0.39, 0.29) is 21.9 Å². The highest BCUT2D eigenvalue weighted by Gasteiger charge is 2.17. The predicted octanol–water partition coefficient (Wildman–Crippen LogP) is 4.49. The number of nitriles is 1. The maximum Gasteiger partial charge on any atom is 0.345 e. The molecular formula is C22H17ClN2O4. The summed E-state index contributed by atoms with van der Waals surface area (Å²) in [7, 11) is 0. The largest absolute Gasteiger partial charge is 0.490 e. The van der Waals surface area contributed by atoms with Gasteiger partial charge < -0.3 is 14.5 Å². The van der Waals surface area contributed by atoms with Crippen LogP contribution < -0.4 is 15.0 Å². The number of nitrogens with zero attached hydrogens (tertiary/aromatic N) is 1. The predicted molar refractivity (Wildman–Crippen MR) is 110 cm³/mol. The number of esters is 1. The maximum atomic E-state index is 12.5. The Balaban J connectivity index is 2.03. The molecule has 1 aromatic heterocycles. The molecule has 0 unspecified atom stereocenters. The molecule has 1 N–H and O–H groups in total. The number of H-pyrrole nitrogens is 1. The molecule has 6 nitrogen and oxygen atoms in total. The van der Waals surface area contributed by atoms with Crippen LogP contribution >= 0.6 is 11.6 Å². The molecule has 2 aromatic carbocycles. The van der Waals surface area contributed by atoms with Gasteiger partial charge in [-0.2, -0.15) is 5.26 Å². The minimum Gasteiger partial charge on any atom is -0.490 e. The molecule has 3 aromatic rings. The Morgan fingerprint density at radius 3 is 2.62 bits per heavy atom. The van der Waals surface area contributed by atoms with Gasteiger partial charge in [0.15, 0.2) is 11.5 Å². The molecule has 0 saturated carbocycles. The van der Waals surface area contributed by atoms with E-state index < -0.39 is 11.5 Å². The fraction of sp³-hybridized carbons (Fsp3) is 0.136. The lowest BCUT2D eigenvalue weighted by atomic mass is 10.0. The van der Waals surface area contributed by atoms with Gasteiger partial charge in [0.2, 0.25) is 0 Å². The number of benzene rings is 2. The smallest absolute Gasteiger partial charge is 0.345 e.